The van der Waals surface area contributed by atoms with Crippen molar-refractivity contribution in [3.8, 4) is 6.07 Å². The van der Waals surface area contributed by atoms with Gasteiger partial charge in [0.05, 0.1) is 28.9 Å². The fraction of sp³-hybridized carbons (Fsp3) is 0.167. The van der Waals surface area contributed by atoms with Crippen LogP contribution in [0.25, 0.3) is 0 Å². The molecule has 0 radical (unpaired) electrons. The quantitative estimate of drug-likeness (QED) is 0.798. The number of rotatable bonds is 2. The van der Waals surface area contributed by atoms with Crippen molar-refractivity contribution in [1.29, 1.82) is 5.26 Å². The molecule has 4 heteroatoms. The van der Waals surface area contributed by atoms with E-state index in [1.807, 2.05) is 25.1 Å². The molecule has 2 rings (SSSR count). The van der Waals surface area contributed by atoms with Crippen LogP contribution in [0.15, 0.2) is 30.5 Å². The Hall–Kier alpha value is -1.79. The average molecular weight is 232 g/mol. The lowest BCUT2D eigenvalue weighted by molar-refractivity contribution is 0.678. The number of nitriles is 1. The van der Waals surface area contributed by atoms with E-state index in [-0.39, 0.29) is 0 Å². The van der Waals surface area contributed by atoms with E-state index in [1.165, 1.54) is 0 Å². The zero-order valence-electron chi connectivity index (χ0n) is 8.81. The van der Waals surface area contributed by atoms with Gasteiger partial charge in [0, 0.05) is 6.20 Å². The van der Waals surface area contributed by atoms with Gasteiger partial charge in [-0.05, 0) is 18.6 Å². The van der Waals surface area contributed by atoms with E-state index in [9.17, 15) is 0 Å². The molecule has 0 bridgehead atoms. The first-order chi connectivity index (χ1) is 7.70. The first kappa shape index (κ1) is 10.7. The molecular formula is C12H10ClN3. The summed E-state index contributed by atoms with van der Waals surface area (Å²) in [6.45, 7) is 2.42. The molecule has 1 heterocycles. The van der Waals surface area contributed by atoms with Crippen molar-refractivity contribution >= 4 is 11.6 Å². The predicted molar refractivity (Wildman–Crippen MR) is 62.2 cm³/mol. The molecule has 1 aromatic heterocycles. The highest BCUT2D eigenvalue weighted by Crippen LogP contribution is 2.14. The summed E-state index contributed by atoms with van der Waals surface area (Å²) in [5.74, 6) is 0. The van der Waals surface area contributed by atoms with E-state index in [1.54, 1.807) is 16.9 Å². The Kier molecular flexibility index (Phi) is 2.93. The number of benzene rings is 1. The van der Waals surface area contributed by atoms with Gasteiger partial charge >= 0.3 is 0 Å². The molecule has 16 heavy (non-hydrogen) atoms. The lowest BCUT2D eigenvalue weighted by Crippen LogP contribution is -2.02. The van der Waals surface area contributed by atoms with Gasteiger partial charge in [0.15, 0.2) is 0 Å². The van der Waals surface area contributed by atoms with Crippen LogP contribution in [0.1, 0.15) is 16.8 Å². The fourth-order valence-electron chi connectivity index (χ4n) is 1.52. The maximum atomic E-state index is 8.95. The molecule has 0 saturated heterocycles. The van der Waals surface area contributed by atoms with Crippen LogP contribution in [-0.2, 0) is 6.54 Å². The minimum Gasteiger partial charge on any atom is -0.266 e. The van der Waals surface area contributed by atoms with Crippen molar-refractivity contribution in [3.63, 3.8) is 0 Å². The van der Waals surface area contributed by atoms with E-state index in [4.69, 9.17) is 16.9 Å². The van der Waals surface area contributed by atoms with Crippen molar-refractivity contribution in [2.75, 3.05) is 0 Å². The summed E-state index contributed by atoms with van der Waals surface area (Å²) in [6, 6.07) is 9.64. The minimum absolute atomic E-state index is 0.567. The smallest absolute Gasteiger partial charge is 0.0995 e. The first-order valence-corrected chi connectivity index (χ1v) is 5.26. The van der Waals surface area contributed by atoms with Crippen LogP contribution < -0.4 is 0 Å². The average Bonchev–Trinajstić information content (AvgIpc) is 2.59. The lowest BCUT2D eigenvalue weighted by atomic mass is 10.1. The van der Waals surface area contributed by atoms with E-state index in [2.05, 4.69) is 11.2 Å². The summed E-state index contributed by atoms with van der Waals surface area (Å²) in [7, 11) is 0. The van der Waals surface area contributed by atoms with Crippen LogP contribution in [0.4, 0.5) is 0 Å². The Morgan fingerprint density at radius 3 is 2.81 bits per heavy atom. The Labute approximate surface area is 98.9 Å². The van der Waals surface area contributed by atoms with Crippen molar-refractivity contribution < 1.29 is 0 Å². The SMILES string of the molecule is Cc1nn(Cc2ccccc2C#N)cc1Cl. The van der Waals surface area contributed by atoms with Gasteiger partial charge in [-0.1, -0.05) is 29.8 Å². The molecule has 0 spiro atoms. The fourth-order valence-corrected chi connectivity index (χ4v) is 1.67. The van der Waals surface area contributed by atoms with E-state index < -0.39 is 0 Å². The standard InChI is InChI=1S/C12H10ClN3/c1-9-12(13)8-16(15-9)7-11-5-3-2-4-10(11)6-14/h2-5,8H,7H2,1H3. The number of nitrogens with zero attached hydrogens (tertiary/aromatic N) is 3. The monoisotopic (exact) mass is 231 g/mol. The molecule has 0 aliphatic rings. The topological polar surface area (TPSA) is 41.6 Å². The lowest BCUT2D eigenvalue weighted by Gasteiger charge is -2.03. The van der Waals surface area contributed by atoms with Gasteiger partial charge in [-0.15, -0.1) is 0 Å². The largest absolute Gasteiger partial charge is 0.266 e. The van der Waals surface area contributed by atoms with Crippen LogP contribution in [0.5, 0.6) is 0 Å². The van der Waals surface area contributed by atoms with Crippen LogP contribution >= 0.6 is 11.6 Å². The second-order valence-corrected chi connectivity index (χ2v) is 3.94. The maximum absolute atomic E-state index is 8.95. The summed E-state index contributed by atoms with van der Waals surface area (Å²) in [4.78, 5) is 0. The normalized spacial score (nSPS) is 10.1. The highest BCUT2D eigenvalue weighted by atomic mass is 35.5. The van der Waals surface area contributed by atoms with Gasteiger partial charge in [-0.25, -0.2) is 0 Å². The zero-order valence-corrected chi connectivity index (χ0v) is 9.57. The molecule has 0 unspecified atom stereocenters. The number of aromatic nitrogens is 2. The van der Waals surface area contributed by atoms with Gasteiger partial charge in [-0.3, -0.25) is 4.68 Å². The first-order valence-electron chi connectivity index (χ1n) is 4.88. The van der Waals surface area contributed by atoms with E-state index in [0.717, 1.165) is 11.3 Å². The highest BCUT2D eigenvalue weighted by Gasteiger charge is 2.05. The Morgan fingerprint density at radius 2 is 2.19 bits per heavy atom. The Morgan fingerprint density at radius 1 is 1.44 bits per heavy atom. The molecule has 3 nitrogen and oxygen atoms in total. The van der Waals surface area contributed by atoms with Crippen LogP contribution in [0.3, 0.4) is 0 Å². The Bertz CT molecular complexity index is 532. The highest BCUT2D eigenvalue weighted by molar-refractivity contribution is 6.31. The van der Waals surface area contributed by atoms with Crippen molar-refractivity contribution in [2.24, 2.45) is 0 Å². The van der Waals surface area contributed by atoms with Gasteiger partial charge < -0.3 is 0 Å². The number of aryl methyl sites for hydroxylation is 1. The van der Waals surface area contributed by atoms with Crippen LogP contribution in [0, 0.1) is 18.3 Å². The van der Waals surface area contributed by atoms with Crippen LogP contribution in [-0.4, -0.2) is 9.78 Å². The van der Waals surface area contributed by atoms with Crippen molar-refractivity contribution in [3.05, 3.63) is 52.3 Å². The summed E-state index contributed by atoms with van der Waals surface area (Å²) in [6.07, 6.45) is 1.77. The summed E-state index contributed by atoms with van der Waals surface area (Å²) < 4.78 is 1.74. The molecule has 0 atom stereocenters. The second-order valence-electron chi connectivity index (χ2n) is 3.53. The number of hydrogen-bond donors (Lipinski definition) is 0. The van der Waals surface area contributed by atoms with Crippen LogP contribution in [0.2, 0.25) is 5.02 Å². The molecule has 2 aromatic rings. The van der Waals surface area contributed by atoms with Crippen molar-refractivity contribution in [2.45, 2.75) is 13.5 Å². The zero-order chi connectivity index (χ0) is 11.5. The minimum atomic E-state index is 0.567. The van der Waals surface area contributed by atoms with Gasteiger partial charge in [0.1, 0.15) is 0 Å². The van der Waals surface area contributed by atoms with Crippen molar-refractivity contribution in [1.82, 2.24) is 9.78 Å². The third-order valence-corrected chi connectivity index (χ3v) is 2.73. The van der Waals surface area contributed by atoms with E-state index in [0.29, 0.717) is 17.1 Å². The molecule has 0 amide bonds. The summed E-state index contributed by atoms with van der Waals surface area (Å²) >= 11 is 5.92. The second kappa shape index (κ2) is 4.38. The summed E-state index contributed by atoms with van der Waals surface area (Å²) in [5.41, 5.74) is 2.42. The molecule has 0 aliphatic heterocycles. The number of halogens is 1. The molecule has 1 aromatic carbocycles. The van der Waals surface area contributed by atoms with Gasteiger partial charge in [0.2, 0.25) is 0 Å². The maximum Gasteiger partial charge on any atom is 0.0995 e. The third kappa shape index (κ3) is 2.07. The molecule has 0 fully saturated rings. The van der Waals surface area contributed by atoms with Gasteiger partial charge in [-0.2, -0.15) is 10.4 Å². The summed E-state index contributed by atoms with van der Waals surface area (Å²) in [5, 5.41) is 13.9. The molecule has 0 saturated carbocycles. The number of hydrogen-bond acceptors (Lipinski definition) is 2. The van der Waals surface area contributed by atoms with Gasteiger partial charge in [0.25, 0.3) is 0 Å². The van der Waals surface area contributed by atoms with E-state index >= 15 is 0 Å². The molecule has 80 valence electrons. The predicted octanol–water partition coefficient (Wildman–Crippen LogP) is 2.76. The Balaban J connectivity index is 2.31. The third-order valence-electron chi connectivity index (χ3n) is 2.36. The molecular weight excluding hydrogens is 222 g/mol. The molecule has 0 aliphatic carbocycles. The molecule has 0 N–H and O–H groups in total.